The fraction of sp³-hybridized carbons (Fsp3) is 0.444. The van der Waals surface area contributed by atoms with Crippen LogP contribution in [0.2, 0.25) is 0 Å². The van der Waals surface area contributed by atoms with Gasteiger partial charge < -0.3 is 13.8 Å². The smallest absolute Gasteiger partial charge is 0.377 e. The van der Waals surface area contributed by atoms with Crippen LogP contribution in [0.15, 0.2) is 35.5 Å². The summed E-state index contributed by atoms with van der Waals surface area (Å²) in [6.07, 6.45) is 6.51. The van der Waals surface area contributed by atoms with E-state index in [4.69, 9.17) is 4.74 Å². The monoisotopic (exact) mass is 434 g/mol. The second-order valence-electron chi connectivity index (χ2n) is 6.40. The molecule has 0 spiro atoms. The predicted molar refractivity (Wildman–Crippen MR) is 101 cm³/mol. The van der Waals surface area contributed by atoms with Gasteiger partial charge in [0.05, 0.1) is 6.10 Å². The van der Waals surface area contributed by atoms with Crippen molar-refractivity contribution in [2.45, 2.75) is 30.9 Å². The lowest BCUT2D eigenvalue weighted by Crippen LogP contribution is -2.30. The van der Waals surface area contributed by atoms with Gasteiger partial charge in [0.2, 0.25) is 6.41 Å². The average Bonchev–Trinajstić information content (AvgIpc) is 2.65. The van der Waals surface area contributed by atoms with E-state index in [1.807, 2.05) is 11.9 Å². The van der Waals surface area contributed by atoms with Crippen LogP contribution in [-0.2, 0) is 19.6 Å². The average molecular weight is 434 g/mol. The highest BCUT2D eigenvalue weighted by atomic mass is 32.2. The van der Waals surface area contributed by atoms with Gasteiger partial charge in [-0.1, -0.05) is 12.1 Å². The molecule has 1 heterocycles. The topological polar surface area (TPSA) is 85.3 Å². The molecule has 0 saturated carbocycles. The van der Waals surface area contributed by atoms with Crippen molar-refractivity contribution in [2.24, 2.45) is 4.99 Å². The lowest BCUT2D eigenvalue weighted by atomic mass is 10.1. The Hall–Kier alpha value is -2.40. The van der Waals surface area contributed by atoms with Gasteiger partial charge in [0.1, 0.15) is 5.75 Å². The molecule has 1 aliphatic heterocycles. The van der Waals surface area contributed by atoms with E-state index in [0.29, 0.717) is 30.7 Å². The number of ether oxygens (including phenoxy) is 1. The quantitative estimate of drug-likeness (QED) is 0.271. The Morgan fingerprint density at radius 1 is 1.31 bits per heavy atom. The second kappa shape index (κ2) is 9.88. The molecule has 1 amide bonds. The fourth-order valence-electron chi connectivity index (χ4n) is 2.73. The van der Waals surface area contributed by atoms with Gasteiger partial charge >= 0.3 is 15.6 Å². The van der Waals surface area contributed by atoms with Crippen LogP contribution in [0.4, 0.5) is 13.2 Å². The third-order valence-corrected chi connectivity index (χ3v) is 5.06. The molecule has 1 atom stereocenters. The molecular weight excluding hydrogens is 413 g/mol. The van der Waals surface area contributed by atoms with E-state index >= 15 is 0 Å². The molecule has 0 N–H and O–H groups in total. The first kappa shape index (κ1) is 22.9. The zero-order chi connectivity index (χ0) is 21.5. The van der Waals surface area contributed by atoms with Gasteiger partial charge in [-0.25, -0.2) is 4.99 Å². The number of carbonyl (C=O) groups excluding carboxylic acids is 1. The van der Waals surface area contributed by atoms with Crippen LogP contribution >= 0.6 is 0 Å². The Morgan fingerprint density at radius 3 is 2.55 bits per heavy atom. The molecule has 11 heteroatoms. The summed E-state index contributed by atoms with van der Waals surface area (Å²) in [5.74, 6) is -0.485. The van der Waals surface area contributed by atoms with Gasteiger partial charge in [0.25, 0.3) is 0 Å². The Morgan fingerprint density at radius 2 is 2.00 bits per heavy atom. The molecular formula is C18H21F3N2O5S. The number of hydrogen-bond donors (Lipinski definition) is 0. The van der Waals surface area contributed by atoms with Gasteiger partial charge in [-0.2, -0.15) is 21.6 Å². The number of amides is 1. The molecule has 29 heavy (non-hydrogen) atoms. The number of hydrogen-bond acceptors (Lipinski definition) is 6. The minimum absolute atomic E-state index is 0.0811. The van der Waals surface area contributed by atoms with Crippen molar-refractivity contribution < 1.29 is 35.3 Å². The maximum Gasteiger partial charge on any atom is 0.534 e. The molecule has 2 rings (SSSR count). The molecule has 1 aromatic carbocycles. The fourth-order valence-corrected chi connectivity index (χ4v) is 3.19. The zero-order valence-corrected chi connectivity index (χ0v) is 16.4. The second-order valence-corrected chi connectivity index (χ2v) is 7.94. The van der Waals surface area contributed by atoms with Gasteiger partial charge in [-0.3, -0.25) is 4.79 Å². The molecule has 1 fully saturated rings. The molecule has 7 nitrogen and oxygen atoms in total. The molecule has 0 aromatic heterocycles. The third kappa shape index (κ3) is 6.86. The SMILES string of the molecule is CN(/C=C(\C=NC=O)c1ccc(OS(=O)(=O)C(F)(F)F)cc1)CC1CCCCO1. The van der Waals surface area contributed by atoms with Crippen molar-refractivity contribution in [1.29, 1.82) is 0 Å². The first-order chi connectivity index (χ1) is 13.6. The summed E-state index contributed by atoms with van der Waals surface area (Å²) in [6.45, 7) is 1.33. The maximum atomic E-state index is 12.4. The van der Waals surface area contributed by atoms with Crippen molar-refractivity contribution in [2.75, 3.05) is 20.2 Å². The number of benzene rings is 1. The lowest BCUT2D eigenvalue weighted by molar-refractivity contribution is -0.106. The number of halogens is 3. The van der Waals surface area contributed by atoms with Crippen LogP contribution < -0.4 is 4.18 Å². The summed E-state index contributed by atoms with van der Waals surface area (Å²) in [6, 6.07) is 4.92. The summed E-state index contributed by atoms with van der Waals surface area (Å²) in [7, 11) is -3.92. The standard InChI is InChI=1S/C18H21F3N2O5S/c1-23(12-17-4-2-3-9-27-17)11-15(10-22-13-24)14-5-7-16(8-6-14)28-29(25,26)18(19,20)21/h5-8,10-11,13,17H,2-4,9,12H2,1H3/b15-11+,22-10?. The minimum Gasteiger partial charge on any atom is -0.377 e. The number of alkyl halides is 3. The zero-order valence-electron chi connectivity index (χ0n) is 15.6. The number of rotatable bonds is 8. The summed E-state index contributed by atoms with van der Waals surface area (Å²) in [5, 5.41) is 0. The number of nitrogens with zero attached hydrogens (tertiary/aromatic N) is 2. The van der Waals surface area contributed by atoms with Gasteiger partial charge in [-0.15, -0.1) is 0 Å². The molecule has 1 saturated heterocycles. The highest BCUT2D eigenvalue weighted by Crippen LogP contribution is 2.27. The van der Waals surface area contributed by atoms with Crippen LogP contribution in [0.25, 0.3) is 5.57 Å². The number of allylic oxidation sites excluding steroid dienone is 1. The van der Waals surface area contributed by atoms with Crippen molar-refractivity contribution in [3.05, 3.63) is 36.0 Å². The Balaban J connectivity index is 2.17. The third-order valence-electron chi connectivity index (χ3n) is 4.08. The van der Waals surface area contributed by atoms with Crippen molar-refractivity contribution in [3.8, 4) is 5.75 Å². The Labute approximate surface area is 166 Å². The van der Waals surface area contributed by atoms with Crippen LogP contribution in [0.5, 0.6) is 5.75 Å². The van der Waals surface area contributed by atoms with Crippen LogP contribution in [0, 0.1) is 0 Å². The highest BCUT2D eigenvalue weighted by Gasteiger charge is 2.48. The lowest BCUT2D eigenvalue weighted by Gasteiger charge is -2.27. The number of aliphatic imine (C=N–C) groups is 1. The van der Waals surface area contributed by atoms with Crippen LogP contribution in [-0.4, -0.2) is 57.8 Å². The number of carbonyl (C=O) groups is 1. The van der Waals surface area contributed by atoms with Crippen molar-refractivity contribution >= 4 is 28.3 Å². The largest absolute Gasteiger partial charge is 0.534 e. The normalized spacial score (nSPS) is 18.6. The first-order valence-electron chi connectivity index (χ1n) is 8.74. The van der Waals surface area contributed by atoms with Crippen LogP contribution in [0.1, 0.15) is 24.8 Å². The highest BCUT2D eigenvalue weighted by molar-refractivity contribution is 7.88. The summed E-state index contributed by atoms with van der Waals surface area (Å²) >= 11 is 0. The van der Waals surface area contributed by atoms with E-state index in [2.05, 4.69) is 9.18 Å². The number of likely N-dealkylation sites (N-methyl/N-ethyl adjacent to an activating group) is 1. The van der Waals surface area contributed by atoms with Gasteiger partial charge in [-0.05, 0) is 37.0 Å². The summed E-state index contributed by atoms with van der Waals surface area (Å²) in [5.41, 5.74) is -4.51. The summed E-state index contributed by atoms with van der Waals surface area (Å²) in [4.78, 5) is 16.0. The van der Waals surface area contributed by atoms with E-state index in [1.165, 1.54) is 18.3 Å². The maximum absolute atomic E-state index is 12.4. The Bertz CT molecular complexity index is 845. The van der Waals surface area contributed by atoms with E-state index in [-0.39, 0.29) is 6.10 Å². The summed E-state index contributed by atoms with van der Waals surface area (Å²) < 4.78 is 69.2. The predicted octanol–water partition coefficient (Wildman–Crippen LogP) is 2.98. The van der Waals surface area contributed by atoms with E-state index in [9.17, 15) is 26.4 Å². The van der Waals surface area contributed by atoms with Crippen molar-refractivity contribution in [1.82, 2.24) is 4.90 Å². The minimum atomic E-state index is -5.74. The van der Waals surface area contributed by atoms with Crippen molar-refractivity contribution in [3.63, 3.8) is 0 Å². The molecule has 0 bridgehead atoms. The molecule has 1 unspecified atom stereocenters. The molecule has 0 radical (unpaired) electrons. The Kier molecular flexibility index (Phi) is 7.80. The molecule has 160 valence electrons. The van der Waals surface area contributed by atoms with E-state index in [1.54, 1.807) is 6.20 Å². The molecule has 1 aliphatic rings. The molecule has 0 aliphatic carbocycles. The van der Waals surface area contributed by atoms with Gasteiger partial charge in [0.15, 0.2) is 0 Å². The molecule has 1 aromatic rings. The van der Waals surface area contributed by atoms with Crippen LogP contribution in [0.3, 0.4) is 0 Å². The van der Waals surface area contributed by atoms with Gasteiger partial charge in [0, 0.05) is 38.2 Å². The first-order valence-corrected chi connectivity index (χ1v) is 10.1. The van der Waals surface area contributed by atoms with E-state index < -0.39 is 21.4 Å². The van der Waals surface area contributed by atoms with E-state index in [0.717, 1.165) is 31.4 Å².